The number of hydrogen-bond acceptors (Lipinski definition) is 2. The minimum atomic E-state index is 0.795. The molecule has 0 saturated heterocycles. The van der Waals surface area contributed by atoms with Gasteiger partial charge in [-0.2, -0.15) is 0 Å². The predicted octanol–water partition coefficient (Wildman–Crippen LogP) is 2.75. The van der Waals surface area contributed by atoms with Crippen molar-refractivity contribution in [3.8, 4) is 5.75 Å². The Labute approximate surface area is 93.8 Å². The maximum atomic E-state index is 5.35. The number of ether oxygens (including phenoxy) is 1. The van der Waals surface area contributed by atoms with E-state index in [-0.39, 0.29) is 0 Å². The van der Waals surface area contributed by atoms with Crippen molar-refractivity contribution in [1.29, 1.82) is 0 Å². The lowest BCUT2D eigenvalue weighted by Gasteiger charge is -2.12. The van der Waals surface area contributed by atoms with E-state index in [4.69, 9.17) is 4.74 Å². The van der Waals surface area contributed by atoms with E-state index >= 15 is 0 Å². The first kappa shape index (κ1) is 11.5. The van der Waals surface area contributed by atoms with Gasteiger partial charge in [0.2, 0.25) is 0 Å². The summed E-state index contributed by atoms with van der Waals surface area (Å²) in [7, 11) is 1.71. The highest BCUT2D eigenvalue weighted by Crippen LogP contribution is 2.23. The summed E-state index contributed by atoms with van der Waals surface area (Å²) in [6.07, 6.45) is 0. The summed E-state index contributed by atoms with van der Waals surface area (Å²) in [5, 5.41) is 3.24. The molecule has 0 heterocycles. The number of aryl methyl sites for hydroxylation is 2. The maximum Gasteiger partial charge on any atom is 0.123 e. The summed E-state index contributed by atoms with van der Waals surface area (Å²) in [6, 6.07) is 4.24. The third-order valence-corrected chi connectivity index (χ3v) is 2.59. The second-order valence-electron chi connectivity index (χ2n) is 3.32. The summed E-state index contributed by atoms with van der Waals surface area (Å²) in [5.41, 5.74) is 4.54. The van der Waals surface area contributed by atoms with Crippen molar-refractivity contribution in [3.63, 3.8) is 0 Å². The molecule has 0 aliphatic carbocycles. The number of alkyl halides is 1. The highest BCUT2D eigenvalue weighted by molar-refractivity contribution is 9.09. The second-order valence-corrected chi connectivity index (χ2v) is 3.88. The molecule has 2 nitrogen and oxygen atoms in total. The quantitative estimate of drug-likeness (QED) is 0.662. The van der Waals surface area contributed by atoms with Gasteiger partial charge in [-0.05, 0) is 31.0 Å². The highest BCUT2D eigenvalue weighted by atomic mass is 79.9. The van der Waals surface area contributed by atoms with Crippen molar-refractivity contribution in [2.24, 2.45) is 0 Å². The van der Waals surface area contributed by atoms with Gasteiger partial charge in [0, 0.05) is 12.1 Å². The van der Waals surface area contributed by atoms with Crippen LogP contribution in [0.15, 0.2) is 12.1 Å². The van der Waals surface area contributed by atoms with Crippen molar-refractivity contribution in [2.45, 2.75) is 20.4 Å². The third-order valence-electron chi connectivity index (χ3n) is 2.19. The van der Waals surface area contributed by atoms with E-state index < -0.39 is 0 Å². The Morgan fingerprint density at radius 2 is 2.07 bits per heavy atom. The van der Waals surface area contributed by atoms with Crippen LogP contribution < -0.4 is 10.1 Å². The van der Waals surface area contributed by atoms with Crippen LogP contribution in [0.4, 0.5) is 0 Å². The fourth-order valence-electron chi connectivity index (χ4n) is 1.54. The molecule has 1 rings (SSSR count). The van der Waals surface area contributed by atoms with Crippen molar-refractivity contribution in [2.75, 3.05) is 12.6 Å². The lowest BCUT2D eigenvalue weighted by atomic mass is 10.0. The molecule has 0 amide bonds. The van der Waals surface area contributed by atoms with Crippen LogP contribution in [0.5, 0.6) is 5.75 Å². The molecule has 0 atom stereocenters. The highest BCUT2D eigenvalue weighted by Gasteiger charge is 2.06. The standard InChI is InChI=1S/C11H16BrNO/c1-8-4-9(2)10(6-13-7-12)11(5-8)14-3/h4-5,13H,6-7H2,1-3H3. The number of methoxy groups -OCH3 is 1. The normalized spacial score (nSPS) is 10.3. The van der Waals surface area contributed by atoms with Gasteiger partial charge in [0.25, 0.3) is 0 Å². The van der Waals surface area contributed by atoms with Crippen LogP contribution in [0.1, 0.15) is 16.7 Å². The summed E-state index contributed by atoms with van der Waals surface area (Å²) >= 11 is 3.34. The first-order valence-corrected chi connectivity index (χ1v) is 5.72. The van der Waals surface area contributed by atoms with E-state index in [2.05, 4.69) is 47.2 Å². The van der Waals surface area contributed by atoms with Crippen LogP contribution >= 0.6 is 15.9 Å². The number of nitrogens with one attached hydrogen (secondary N) is 1. The average molecular weight is 258 g/mol. The molecule has 0 aromatic heterocycles. The molecule has 0 aliphatic rings. The Kier molecular flexibility index (Phi) is 4.42. The molecule has 0 radical (unpaired) electrons. The molecular formula is C11H16BrNO. The van der Waals surface area contributed by atoms with Crippen LogP contribution in [0.25, 0.3) is 0 Å². The molecule has 0 unspecified atom stereocenters. The number of halogens is 1. The van der Waals surface area contributed by atoms with Crippen LogP contribution in [-0.2, 0) is 6.54 Å². The van der Waals surface area contributed by atoms with E-state index in [1.807, 2.05) is 0 Å². The monoisotopic (exact) mass is 257 g/mol. The largest absolute Gasteiger partial charge is 0.496 e. The van der Waals surface area contributed by atoms with Gasteiger partial charge >= 0.3 is 0 Å². The topological polar surface area (TPSA) is 21.3 Å². The molecule has 14 heavy (non-hydrogen) atoms. The molecule has 1 aromatic rings. The van der Waals surface area contributed by atoms with E-state index in [9.17, 15) is 0 Å². The maximum absolute atomic E-state index is 5.35. The molecular weight excluding hydrogens is 242 g/mol. The lowest BCUT2D eigenvalue weighted by Crippen LogP contribution is -2.12. The SMILES string of the molecule is COc1cc(C)cc(C)c1CNCBr. The van der Waals surface area contributed by atoms with Crippen LogP contribution in [-0.4, -0.2) is 12.6 Å². The van der Waals surface area contributed by atoms with Gasteiger partial charge in [-0.3, -0.25) is 0 Å². The Hall–Kier alpha value is -0.540. The zero-order chi connectivity index (χ0) is 10.6. The van der Waals surface area contributed by atoms with Gasteiger partial charge in [-0.15, -0.1) is 0 Å². The fourth-order valence-corrected chi connectivity index (χ4v) is 1.74. The first-order chi connectivity index (χ1) is 6.69. The summed E-state index contributed by atoms with van der Waals surface area (Å²) in [4.78, 5) is 0. The zero-order valence-corrected chi connectivity index (χ0v) is 10.4. The summed E-state index contributed by atoms with van der Waals surface area (Å²) in [5.74, 6) is 0.968. The molecule has 1 N–H and O–H groups in total. The molecule has 78 valence electrons. The second kappa shape index (κ2) is 5.37. The molecule has 1 aromatic carbocycles. The Balaban J connectivity index is 2.99. The molecule has 0 bridgehead atoms. The van der Waals surface area contributed by atoms with Gasteiger partial charge < -0.3 is 10.1 Å². The van der Waals surface area contributed by atoms with Gasteiger partial charge in [0.05, 0.1) is 12.6 Å². The molecule has 0 aliphatic heterocycles. The van der Waals surface area contributed by atoms with E-state index in [0.717, 1.165) is 17.7 Å². The fraction of sp³-hybridized carbons (Fsp3) is 0.455. The Morgan fingerprint density at radius 1 is 1.36 bits per heavy atom. The zero-order valence-electron chi connectivity index (χ0n) is 8.86. The van der Waals surface area contributed by atoms with Crippen LogP contribution in [0.2, 0.25) is 0 Å². The van der Waals surface area contributed by atoms with Gasteiger partial charge in [-0.25, -0.2) is 0 Å². The number of benzene rings is 1. The van der Waals surface area contributed by atoms with Crippen molar-refractivity contribution < 1.29 is 4.74 Å². The predicted molar refractivity (Wildman–Crippen MR) is 63.1 cm³/mol. The molecule has 3 heteroatoms. The van der Waals surface area contributed by atoms with E-state index in [1.165, 1.54) is 16.7 Å². The minimum absolute atomic E-state index is 0.795. The minimum Gasteiger partial charge on any atom is -0.496 e. The van der Waals surface area contributed by atoms with Crippen LogP contribution in [0, 0.1) is 13.8 Å². The number of hydrogen-bond donors (Lipinski definition) is 1. The first-order valence-electron chi connectivity index (χ1n) is 4.59. The average Bonchev–Trinajstić information content (AvgIpc) is 2.15. The lowest BCUT2D eigenvalue weighted by molar-refractivity contribution is 0.407. The summed E-state index contributed by atoms with van der Waals surface area (Å²) < 4.78 is 5.35. The van der Waals surface area contributed by atoms with Crippen LogP contribution in [0.3, 0.4) is 0 Å². The van der Waals surface area contributed by atoms with E-state index in [1.54, 1.807) is 7.11 Å². The van der Waals surface area contributed by atoms with Crippen molar-refractivity contribution in [1.82, 2.24) is 5.32 Å². The Bertz CT molecular complexity index is 312. The smallest absolute Gasteiger partial charge is 0.123 e. The molecule has 0 saturated carbocycles. The van der Waals surface area contributed by atoms with Gasteiger partial charge in [0.1, 0.15) is 5.75 Å². The van der Waals surface area contributed by atoms with Crippen molar-refractivity contribution >= 4 is 15.9 Å². The summed E-state index contributed by atoms with van der Waals surface area (Å²) in [6.45, 7) is 5.03. The van der Waals surface area contributed by atoms with Gasteiger partial charge in [0.15, 0.2) is 0 Å². The number of rotatable bonds is 4. The third kappa shape index (κ3) is 2.72. The molecule has 0 spiro atoms. The van der Waals surface area contributed by atoms with Gasteiger partial charge in [-0.1, -0.05) is 22.0 Å². The Morgan fingerprint density at radius 3 is 2.64 bits per heavy atom. The molecule has 0 fully saturated rings. The van der Waals surface area contributed by atoms with Crippen molar-refractivity contribution in [3.05, 3.63) is 28.8 Å². The van der Waals surface area contributed by atoms with E-state index in [0.29, 0.717) is 0 Å².